The summed E-state index contributed by atoms with van der Waals surface area (Å²) in [5.74, 6) is -1.61. The average molecular weight is 680 g/mol. The fraction of sp³-hybridized carbons (Fsp3) is 0.361. The predicted molar refractivity (Wildman–Crippen MR) is 177 cm³/mol. The first-order valence-corrected chi connectivity index (χ1v) is 16.2. The molecule has 2 saturated heterocycles. The first-order valence-electron chi connectivity index (χ1n) is 16.2. The van der Waals surface area contributed by atoms with Crippen molar-refractivity contribution in [2.24, 2.45) is 5.41 Å². The summed E-state index contributed by atoms with van der Waals surface area (Å²) in [5.41, 5.74) is 7.39. The second kappa shape index (κ2) is 13.9. The number of ether oxygens (including phenoxy) is 2. The summed E-state index contributed by atoms with van der Waals surface area (Å²) in [7, 11) is 0. The minimum Gasteiger partial charge on any atom is -0.491 e. The number of nitrogens with one attached hydrogen (secondary N) is 1. The highest BCUT2D eigenvalue weighted by molar-refractivity contribution is 5.76. The van der Waals surface area contributed by atoms with Crippen LogP contribution < -0.4 is 25.4 Å². The van der Waals surface area contributed by atoms with Crippen molar-refractivity contribution in [2.75, 3.05) is 36.9 Å². The SMILES string of the molecule is CCCOc1ccc(-c2ccc([C@@H](Oc3cc(N4CCC5(CC4)CNC(C(=O)O)C5)nc(N)n3)C(F)(F)F)c(-c3ccccc3)c2)cc1F. The van der Waals surface area contributed by atoms with Gasteiger partial charge in [0.05, 0.1) is 6.61 Å². The molecule has 2 aliphatic rings. The van der Waals surface area contributed by atoms with Crippen LogP contribution in [-0.2, 0) is 4.79 Å². The molecule has 0 bridgehead atoms. The van der Waals surface area contributed by atoms with Gasteiger partial charge in [0.15, 0.2) is 11.6 Å². The fourth-order valence-corrected chi connectivity index (χ4v) is 6.60. The smallest absolute Gasteiger partial charge is 0.429 e. The molecule has 258 valence electrons. The molecule has 1 spiro atoms. The molecule has 2 aliphatic heterocycles. The molecule has 0 radical (unpaired) electrons. The third kappa shape index (κ3) is 7.56. The predicted octanol–water partition coefficient (Wildman–Crippen LogP) is 7.04. The lowest BCUT2D eigenvalue weighted by atomic mass is 9.76. The Kier molecular flexibility index (Phi) is 9.64. The first-order chi connectivity index (χ1) is 23.4. The van der Waals surface area contributed by atoms with E-state index in [9.17, 15) is 27.5 Å². The number of aliphatic carboxylic acids is 1. The number of hydrogen-bond donors (Lipinski definition) is 3. The van der Waals surface area contributed by atoms with Crippen LogP contribution in [0.3, 0.4) is 0 Å². The molecule has 9 nitrogen and oxygen atoms in total. The summed E-state index contributed by atoms with van der Waals surface area (Å²) in [4.78, 5) is 21.7. The number of carboxylic acid groups (broad SMARTS) is 1. The number of benzene rings is 3. The molecule has 4 aromatic rings. The fourth-order valence-electron chi connectivity index (χ4n) is 6.60. The lowest BCUT2D eigenvalue weighted by molar-refractivity contribution is -0.198. The summed E-state index contributed by atoms with van der Waals surface area (Å²) in [6.07, 6.45) is -4.70. The molecule has 3 heterocycles. The van der Waals surface area contributed by atoms with Crippen molar-refractivity contribution in [3.05, 3.63) is 84.2 Å². The topological polar surface area (TPSA) is 123 Å². The van der Waals surface area contributed by atoms with Gasteiger partial charge in [0, 0.05) is 31.3 Å². The van der Waals surface area contributed by atoms with E-state index in [4.69, 9.17) is 15.2 Å². The molecular formula is C36H37F4N5O4. The summed E-state index contributed by atoms with van der Waals surface area (Å²) in [6.45, 7) is 3.87. The van der Waals surface area contributed by atoms with Gasteiger partial charge < -0.3 is 30.5 Å². The van der Waals surface area contributed by atoms with Gasteiger partial charge in [0.2, 0.25) is 17.9 Å². The maximum Gasteiger partial charge on any atom is 0.429 e. The second-order valence-corrected chi connectivity index (χ2v) is 12.6. The third-order valence-corrected chi connectivity index (χ3v) is 9.20. The lowest BCUT2D eigenvalue weighted by Gasteiger charge is -2.39. The minimum atomic E-state index is -4.86. The van der Waals surface area contributed by atoms with Crippen molar-refractivity contribution in [3.63, 3.8) is 0 Å². The number of carbonyl (C=O) groups is 1. The van der Waals surface area contributed by atoms with Crippen molar-refractivity contribution in [1.29, 1.82) is 0 Å². The molecule has 49 heavy (non-hydrogen) atoms. The number of rotatable bonds is 10. The Bertz CT molecular complexity index is 1800. The zero-order chi connectivity index (χ0) is 34.8. The molecule has 0 amide bonds. The molecule has 0 saturated carbocycles. The lowest BCUT2D eigenvalue weighted by Crippen LogP contribution is -2.41. The van der Waals surface area contributed by atoms with E-state index in [-0.39, 0.29) is 34.1 Å². The van der Waals surface area contributed by atoms with Crippen LogP contribution in [0.5, 0.6) is 11.6 Å². The molecule has 6 rings (SSSR count). The molecule has 2 atom stereocenters. The number of carboxylic acids is 1. The van der Waals surface area contributed by atoms with Crippen molar-refractivity contribution < 1.29 is 36.9 Å². The van der Waals surface area contributed by atoms with Crippen molar-refractivity contribution in [2.45, 2.75) is 50.9 Å². The average Bonchev–Trinajstić information content (AvgIpc) is 3.50. The van der Waals surface area contributed by atoms with E-state index < -0.39 is 30.1 Å². The molecule has 1 aromatic heterocycles. The van der Waals surface area contributed by atoms with Crippen LogP contribution in [0.4, 0.5) is 29.3 Å². The zero-order valence-corrected chi connectivity index (χ0v) is 26.8. The highest BCUT2D eigenvalue weighted by atomic mass is 19.4. The van der Waals surface area contributed by atoms with E-state index in [0.29, 0.717) is 74.4 Å². The molecule has 3 aromatic carbocycles. The number of anilines is 2. The van der Waals surface area contributed by atoms with Gasteiger partial charge in [-0.2, -0.15) is 23.1 Å². The van der Waals surface area contributed by atoms with E-state index in [2.05, 4.69) is 15.3 Å². The molecule has 0 aliphatic carbocycles. The molecule has 4 N–H and O–H groups in total. The van der Waals surface area contributed by atoms with Crippen LogP contribution >= 0.6 is 0 Å². The summed E-state index contributed by atoms with van der Waals surface area (Å²) in [6, 6.07) is 18.2. The highest BCUT2D eigenvalue weighted by Gasteiger charge is 2.46. The Labute approximate surface area is 281 Å². The summed E-state index contributed by atoms with van der Waals surface area (Å²) < 4.78 is 70.7. The van der Waals surface area contributed by atoms with Crippen LogP contribution in [0.2, 0.25) is 0 Å². The van der Waals surface area contributed by atoms with Gasteiger partial charge in [-0.25, -0.2) is 4.39 Å². The number of nitrogen functional groups attached to an aromatic ring is 1. The van der Waals surface area contributed by atoms with Gasteiger partial charge in [0.25, 0.3) is 0 Å². The van der Waals surface area contributed by atoms with Crippen LogP contribution in [0.1, 0.15) is 44.3 Å². The number of nitrogens with zero attached hydrogens (tertiary/aromatic N) is 3. The van der Waals surface area contributed by atoms with Gasteiger partial charge in [-0.3, -0.25) is 4.79 Å². The van der Waals surface area contributed by atoms with Gasteiger partial charge in [-0.05, 0) is 71.6 Å². The summed E-state index contributed by atoms with van der Waals surface area (Å²) >= 11 is 0. The first kappa shape index (κ1) is 34.0. The molecule has 13 heteroatoms. The second-order valence-electron chi connectivity index (χ2n) is 12.6. The van der Waals surface area contributed by atoms with Gasteiger partial charge in [-0.15, -0.1) is 0 Å². The Hall–Kier alpha value is -4.91. The monoisotopic (exact) mass is 679 g/mol. The van der Waals surface area contributed by atoms with E-state index in [1.54, 1.807) is 42.5 Å². The Morgan fingerprint density at radius 1 is 1.04 bits per heavy atom. The van der Waals surface area contributed by atoms with Crippen molar-refractivity contribution in [3.8, 4) is 33.9 Å². The Morgan fingerprint density at radius 3 is 2.41 bits per heavy atom. The van der Waals surface area contributed by atoms with Crippen LogP contribution in [0.25, 0.3) is 22.3 Å². The Morgan fingerprint density at radius 2 is 1.76 bits per heavy atom. The quantitative estimate of drug-likeness (QED) is 0.152. The number of aromatic nitrogens is 2. The molecule has 2 fully saturated rings. The van der Waals surface area contributed by atoms with Gasteiger partial charge in [-0.1, -0.05) is 55.5 Å². The van der Waals surface area contributed by atoms with Crippen LogP contribution in [0, 0.1) is 11.2 Å². The molecular weight excluding hydrogens is 642 g/mol. The maximum atomic E-state index is 14.9. The van der Waals surface area contributed by atoms with E-state index >= 15 is 0 Å². The van der Waals surface area contributed by atoms with Crippen molar-refractivity contribution >= 4 is 17.7 Å². The standard InChI is InChI=1S/C36H37F4N5O4/c1-2-16-48-29-11-9-24(18-27(29)37)23-8-10-25(26(17-23)22-6-4-3-5-7-22)32(36(38,39)40)49-31-19-30(43-34(41)44-31)45-14-12-35(13-15-45)20-28(33(46)47)42-21-35/h3-11,17-19,28,32,42H,2,12-16,20-21H2,1H3,(H,46,47)(H2,41,43,44)/t28?,32-/m1/s1. The minimum absolute atomic E-state index is 0.103. The number of halogens is 4. The maximum absolute atomic E-state index is 14.9. The number of piperidine rings is 1. The van der Waals surface area contributed by atoms with E-state index in [1.807, 2.05) is 11.8 Å². The number of hydrogen-bond acceptors (Lipinski definition) is 8. The largest absolute Gasteiger partial charge is 0.491 e. The van der Waals surface area contributed by atoms with Crippen molar-refractivity contribution in [1.82, 2.24) is 15.3 Å². The number of nitrogens with two attached hydrogens (primary N) is 1. The van der Waals surface area contributed by atoms with Gasteiger partial charge in [0.1, 0.15) is 11.9 Å². The van der Waals surface area contributed by atoms with E-state index in [1.165, 1.54) is 30.3 Å². The highest BCUT2D eigenvalue weighted by Crippen LogP contribution is 2.44. The third-order valence-electron chi connectivity index (χ3n) is 9.20. The Balaban J connectivity index is 1.30. The molecule has 1 unspecified atom stereocenters. The van der Waals surface area contributed by atoms with E-state index in [0.717, 1.165) is 0 Å². The zero-order valence-electron chi connectivity index (χ0n) is 26.8. The van der Waals surface area contributed by atoms with Gasteiger partial charge >= 0.3 is 12.1 Å². The summed E-state index contributed by atoms with van der Waals surface area (Å²) in [5, 5.41) is 12.5. The van der Waals surface area contributed by atoms with Crippen LogP contribution in [-0.4, -0.2) is 59.5 Å². The van der Waals surface area contributed by atoms with Crippen LogP contribution in [0.15, 0.2) is 72.8 Å². The normalized spacial score (nSPS) is 18.0. The number of alkyl halides is 3.